The van der Waals surface area contributed by atoms with Gasteiger partial charge in [0.1, 0.15) is 5.84 Å². The van der Waals surface area contributed by atoms with E-state index in [-0.39, 0.29) is 0 Å². The van der Waals surface area contributed by atoms with E-state index in [2.05, 4.69) is 55.6 Å². The van der Waals surface area contributed by atoms with E-state index < -0.39 is 0 Å². The lowest BCUT2D eigenvalue weighted by Crippen LogP contribution is -2.19. The SMILES string of the molecule is C/C=C\NC(=NCC1=CCCC=C1)c1cc(C)cc(C)c1. The summed E-state index contributed by atoms with van der Waals surface area (Å²) in [5.74, 6) is 0.930. The van der Waals surface area contributed by atoms with Crippen LogP contribution >= 0.6 is 0 Å². The van der Waals surface area contributed by atoms with Gasteiger partial charge in [-0.25, -0.2) is 0 Å². The molecule has 21 heavy (non-hydrogen) atoms. The molecule has 1 aliphatic carbocycles. The second-order valence-corrected chi connectivity index (χ2v) is 5.44. The van der Waals surface area contributed by atoms with Gasteiger partial charge < -0.3 is 5.32 Å². The Morgan fingerprint density at radius 3 is 2.57 bits per heavy atom. The van der Waals surface area contributed by atoms with Crippen LogP contribution in [0, 0.1) is 13.8 Å². The van der Waals surface area contributed by atoms with Crippen LogP contribution in [0.3, 0.4) is 0 Å². The quantitative estimate of drug-likeness (QED) is 0.639. The van der Waals surface area contributed by atoms with Gasteiger partial charge in [0.25, 0.3) is 0 Å². The zero-order valence-corrected chi connectivity index (χ0v) is 13.2. The number of aliphatic imine (C=N–C) groups is 1. The zero-order valence-electron chi connectivity index (χ0n) is 13.2. The maximum Gasteiger partial charge on any atom is 0.132 e. The smallest absolute Gasteiger partial charge is 0.132 e. The highest BCUT2D eigenvalue weighted by molar-refractivity contribution is 5.99. The summed E-state index contributed by atoms with van der Waals surface area (Å²) < 4.78 is 0. The molecule has 2 heteroatoms. The van der Waals surface area contributed by atoms with Gasteiger partial charge in [-0.2, -0.15) is 0 Å². The van der Waals surface area contributed by atoms with Gasteiger partial charge in [-0.05, 0) is 57.5 Å². The third-order valence-corrected chi connectivity index (χ3v) is 3.37. The molecule has 0 radical (unpaired) electrons. The molecule has 2 nitrogen and oxygen atoms in total. The molecule has 0 aromatic heterocycles. The van der Waals surface area contributed by atoms with Crippen molar-refractivity contribution in [3.8, 4) is 0 Å². The Bertz CT molecular complexity index is 584. The van der Waals surface area contributed by atoms with Crippen LogP contribution in [0.5, 0.6) is 0 Å². The van der Waals surface area contributed by atoms with Crippen LogP contribution in [-0.4, -0.2) is 12.4 Å². The summed E-state index contributed by atoms with van der Waals surface area (Å²) in [5.41, 5.74) is 4.96. The van der Waals surface area contributed by atoms with Crippen molar-refractivity contribution >= 4 is 5.84 Å². The van der Waals surface area contributed by atoms with Crippen LogP contribution in [0.2, 0.25) is 0 Å². The molecule has 1 aromatic rings. The van der Waals surface area contributed by atoms with Crippen molar-refractivity contribution in [2.24, 2.45) is 4.99 Å². The first-order valence-corrected chi connectivity index (χ1v) is 7.55. The molecule has 0 amide bonds. The molecule has 0 atom stereocenters. The third kappa shape index (κ3) is 4.75. The molecule has 0 aliphatic heterocycles. The van der Waals surface area contributed by atoms with Gasteiger partial charge in [0.2, 0.25) is 0 Å². The topological polar surface area (TPSA) is 24.4 Å². The lowest BCUT2D eigenvalue weighted by Gasteiger charge is -2.10. The molecular formula is C19H24N2. The van der Waals surface area contributed by atoms with Crippen molar-refractivity contribution in [1.82, 2.24) is 5.32 Å². The number of benzene rings is 1. The molecule has 1 aromatic carbocycles. The number of aryl methyl sites for hydroxylation is 2. The second-order valence-electron chi connectivity index (χ2n) is 5.44. The van der Waals surface area contributed by atoms with Crippen LogP contribution in [0.25, 0.3) is 0 Å². The number of nitrogens with one attached hydrogen (secondary N) is 1. The maximum absolute atomic E-state index is 4.77. The van der Waals surface area contributed by atoms with Crippen molar-refractivity contribution in [3.05, 3.63) is 71.0 Å². The third-order valence-electron chi connectivity index (χ3n) is 3.37. The van der Waals surface area contributed by atoms with Gasteiger partial charge in [-0.1, -0.05) is 41.5 Å². The summed E-state index contributed by atoms with van der Waals surface area (Å²) in [6, 6.07) is 6.53. The Morgan fingerprint density at radius 1 is 1.19 bits per heavy atom. The van der Waals surface area contributed by atoms with E-state index in [1.807, 2.05) is 19.2 Å². The zero-order chi connectivity index (χ0) is 15.1. The Kier molecular flexibility index (Phi) is 5.56. The first-order valence-electron chi connectivity index (χ1n) is 7.55. The highest BCUT2D eigenvalue weighted by Crippen LogP contribution is 2.12. The summed E-state index contributed by atoms with van der Waals surface area (Å²) >= 11 is 0. The molecule has 2 rings (SSSR count). The number of rotatable bonds is 4. The summed E-state index contributed by atoms with van der Waals surface area (Å²) in [6.07, 6.45) is 12.9. The van der Waals surface area contributed by atoms with Crippen molar-refractivity contribution in [2.75, 3.05) is 6.54 Å². The van der Waals surface area contributed by atoms with Crippen LogP contribution in [-0.2, 0) is 0 Å². The Balaban J connectivity index is 2.24. The van der Waals surface area contributed by atoms with Crippen LogP contribution in [0.15, 0.2) is 59.3 Å². The number of hydrogen-bond donors (Lipinski definition) is 1. The van der Waals surface area contributed by atoms with E-state index in [0.717, 1.165) is 30.8 Å². The molecular weight excluding hydrogens is 256 g/mol. The molecule has 0 saturated heterocycles. The normalized spacial score (nSPS) is 15.4. The first kappa shape index (κ1) is 15.3. The van der Waals surface area contributed by atoms with Gasteiger partial charge in [0.15, 0.2) is 0 Å². The average molecular weight is 280 g/mol. The molecule has 0 unspecified atom stereocenters. The number of allylic oxidation sites excluding steroid dienone is 3. The number of nitrogens with zero attached hydrogens (tertiary/aromatic N) is 1. The predicted octanol–water partition coefficient (Wildman–Crippen LogP) is 4.45. The van der Waals surface area contributed by atoms with E-state index in [0.29, 0.717) is 0 Å². The highest BCUT2D eigenvalue weighted by Gasteiger charge is 2.04. The van der Waals surface area contributed by atoms with Gasteiger partial charge in [0.05, 0.1) is 6.54 Å². The summed E-state index contributed by atoms with van der Waals surface area (Å²) in [6.45, 7) is 6.97. The average Bonchev–Trinajstić information content (AvgIpc) is 2.47. The minimum Gasteiger partial charge on any atom is -0.347 e. The second kappa shape index (κ2) is 7.63. The van der Waals surface area contributed by atoms with Crippen LogP contribution in [0.4, 0.5) is 0 Å². The Labute approximate surface area is 128 Å². The fourth-order valence-electron chi connectivity index (χ4n) is 2.45. The lowest BCUT2D eigenvalue weighted by atomic mass is 10.1. The minimum absolute atomic E-state index is 0.726. The van der Waals surface area contributed by atoms with Crippen LogP contribution in [0.1, 0.15) is 36.5 Å². The maximum atomic E-state index is 4.77. The molecule has 0 heterocycles. The molecule has 0 fully saturated rings. The van der Waals surface area contributed by atoms with Gasteiger partial charge in [-0.15, -0.1) is 0 Å². The fourth-order valence-corrected chi connectivity index (χ4v) is 2.45. The minimum atomic E-state index is 0.726. The van der Waals surface area contributed by atoms with Crippen molar-refractivity contribution in [3.63, 3.8) is 0 Å². The molecule has 0 spiro atoms. The molecule has 110 valence electrons. The largest absolute Gasteiger partial charge is 0.347 e. The number of hydrogen-bond acceptors (Lipinski definition) is 1. The predicted molar refractivity (Wildman–Crippen MR) is 91.7 cm³/mol. The summed E-state index contributed by atoms with van der Waals surface area (Å²) in [7, 11) is 0. The van der Waals surface area contributed by atoms with Gasteiger partial charge >= 0.3 is 0 Å². The fraction of sp³-hybridized carbons (Fsp3) is 0.316. The van der Waals surface area contributed by atoms with Gasteiger partial charge in [-0.3, -0.25) is 4.99 Å². The summed E-state index contributed by atoms with van der Waals surface area (Å²) in [4.78, 5) is 4.77. The Hall–Kier alpha value is -2.09. The van der Waals surface area contributed by atoms with E-state index in [1.54, 1.807) is 0 Å². The van der Waals surface area contributed by atoms with Crippen molar-refractivity contribution < 1.29 is 0 Å². The Morgan fingerprint density at radius 2 is 1.95 bits per heavy atom. The van der Waals surface area contributed by atoms with E-state index in [4.69, 9.17) is 4.99 Å². The standard InChI is InChI=1S/C19H24N2/c1-4-10-20-19(18-12-15(2)11-16(3)13-18)21-14-17-8-6-5-7-9-17/h4,6,8-13H,5,7,14H2,1-3H3,(H,20,21)/b10-4-. The summed E-state index contributed by atoms with van der Waals surface area (Å²) in [5, 5.41) is 3.30. The monoisotopic (exact) mass is 280 g/mol. The van der Waals surface area contributed by atoms with E-state index in [1.165, 1.54) is 16.7 Å². The van der Waals surface area contributed by atoms with Crippen molar-refractivity contribution in [1.29, 1.82) is 0 Å². The molecule has 1 N–H and O–H groups in total. The molecule has 0 bridgehead atoms. The number of amidine groups is 1. The highest BCUT2D eigenvalue weighted by atomic mass is 15.0. The van der Waals surface area contributed by atoms with Crippen LogP contribution < -0.4 is 5.32 Å². The molecule has 1 aliphatic rings. The van der Waals surface area contributed by atoms with Gasteiger partial charge in [0, 0.05) is 5.56 Å². The van der Waals surface area contributed by atoms with E-state index >= 15 is 0 Å². The van der Waals surface area contributed by atoms with Crippen molar-refractivity contribution in [2.45, 2.75) is 33.6 Å². The molecule has 0 saturated carbocycles. The van der Waals surface area contributed by atoms with E-state index in [9.17, 15) is 0 Å². The first-order chi connectivity index (χ1) is 10.2. The lowest BCUT2D eigenvalue weighted by molar-refractivity contribution is 0.992.